The lowest BCUT2D eigenvalue weighted by Crippen LogP contribution is -2.26. The van der Waals surface area contributed by atoms with E-state index in [1.165, 1.54) is 24.8 Å². The van der Waals surface area contributed by atoms with Crippen LogP contribution in [0.5, 0.6) is 5.75 Å². The molecule has 2 nitrogen and oxygen atoms in total. The fourth-order valence-corrected chi connectivity index (χ4v) is 3.25. The van der Waals surface area contributed by atoms with E-state index in [9.17, 15) is 0 Å². The van der Waals surface area contributed by atoms with Crippen LogP contribution in [0.4, 0.5) is 0 Å². The van der Waals surface area contributed by atoms with Crippen molar-refractivity contribution in [1.82, 2.24) is 0 Å². The van der Waals surface area contributed by atoms with Gasteiger partial charge >= 0.3 is 0 Å². The Morgan fingerprint density at radius 2 is 2.00 bits per heavy atom. The smallest absolute Gasteiger partial charge is 0.133 e. The topological polar surface area (TPSA) is 18.5 Å². The molecular weight excluding hydrogens is 304 g/mol. The van der Waals surface area contributed by atoms with Crippen LogP contribution in [0.1, 0.15) is 38.7 Å². The van der Waals surface area contributed by atoms with Crippen LogP contribution in [-0.2, 0) is 11.3 Å². The summed E-state index contributed by atoms with van der Waals surface area (Å²) >= 11 is 3.51. The lowest BCUT2D eigenvalue weighted by atomic mass is 9.80. The molecule has 3 unspecified atom stereocenters. The summed E-state index contributed by atoms with van der Waals surface area (Å²) in [5, 5.41) is 0. The maximum absolute atomic E-state index is 6.05. The average Bonchev–Trinajstić information content (AvgIpc) is 2.40. The van der Waals surface area contributed by atoms with Crippen molar-refractivity contribution in [3.8, 4) is 5.75 Å². The van der Waals surface area contributed by atoms with Crippen LogP contribution in [0, 0.1) is 11.8 Å². The van der Waals surface area contributed by atoms with Crippen molar-refractivity contribution < 1.29 is 9.47 Å². The minimum atomic E-state index is 0.423. The molecule has 0 heterocycles. The predicted molar refractivity (Wildman–Crippen MR) is 81.5 cm³/mol. The van der Waals surface area contributed by atoms with E-state index in [0.717, 1.165) is 22.1 Å². The van der Waals surface area contributed by atoms with Crippen LogP contribution in [0.25, 0.3) is 0 Å². The Labute approximate surface area is 124 Å². The molecule has 3 heteroatoms. The number of ether oxygens (including phenoxy) is 2. The molecule has 1 aromatic rings. The molecule has 2 rings (SSSR count). The fraction of sp³-hybridized carbons (Fsp3) is 0.625. The van der Waals surface area contributed by atoms with Crippen molar-refractivity contribution >= 4 is 15.9 Å². The fourth-order valence-electron chi connectivity index (χ4n) is 2.66. The number of rotatable bonds is 4. The first-order valence-electron chi connectivity index (χ1n) is 7.04. The normalized spacial score (nSPS) is 27.3. The second kappa shape index (κ2) is 6.76. The van der Waals surface area contributed by atoms with Gasteiger partial charge in [0.1, 0.15) is 5.75 Å². The molecule has 0 radical (unpaired) electrons. The van der Waals surface area contributed by atoms with Gasteiger partial charge in [-0.2, -0.15) is 0 Å². The minimum absolute atomic E-state index is 0.423. The number of hydrogen-bond donors (Lipinski definition) is 0. The van der Waals surface area contributed by atoms with Crippen LogP contribution in [0.3, 0.4) is 0 Å². The summed E-state index contributed by atoms with van der Waals surface area (Å²) < 4.78 is 12.3. The van der Waals surface area contributed by atoms with E-state index in [-0.39, 0.29) is 0 Å². The zero-order chi connectivity index (χ0) is 13.8. The van der Waals surface area contributed by atoms with Crippen LogP contribution in [-0.4, -0.2) is 13.2 Å². The summed E-state index contributed by atoms with van der Waals surface area (Å²) in [5.74, 6) is 2.49. The van der Waals surface area contributed by atoms with Gasteiger partial charge in [0.05, 0.1) is 24.3 Å². The van der Waals surface area contributed by atoms with Crippen LogP contribution >= 0.6 is 15.9 Å². The van der Waals surface area contributed by atoms with Crippen molar-refractivity contribution in [2.45, 2.75) is 45.8 Å². The van der Waals surface area contributed by atoms with E-state index < -0.39 is 0 Å². The van der Waals surface area contributed by atoms with Gasteiger partial charge in [-0.15, -0.1) is 0 Å². The van der Waals surface area contributed by atoms with E-state index in [2.05, 4.69) is 41.9 Å². The summed E-state index contributed by atoms with van der Waals surface area (Å²) in [5.41, 5.74) is 1.19. The Hall–Kier alpha value is -0.540. The third-order valence-corrected chi connectivity index (χ3v) is 4.87. The van der Waals surface area contributed by atoms with Gasteiger partial charge in [0, 0.05) is 0 Å². The maximum atomic E-state index is 6.05. The largest absolute Gasteiger partial charge is 0.496 e. The third kappa shape index (κ3) is 3.96. The van der Waals surface area contributed by atoms with Gasteiger partial charge in [-0.1, -0.05) is 19.9 Å². The molecule has 0 aromatic heterocycles. The van der Waals surface area contributed by atoms with Crippen LogP contribution < -0.4 is 4.74 Å². The Balaban J connectivity index is 1.87. The van der Waals surface area contributed by atoms with Crippen molar-refractivity contribution in [1.29, 1.82) is 0 Å². The van der Waals surface area contributed by atoms with Crippen molar-refractivity contribution in [2.75, 3.05) is 7.11 Å². The molecule has 1 aliphatic carbocycles. The van der Waals surface area contributed by atoms with E-state index in [1.807, 2.05) is 6.07 Å². The molecule has 0 spiro atoms. The standard InChI is InChI=1S/C16H23BrO2/c1-11-4-6-14(8-12(11)2)19-10-13-5-7-16(18-3)15(17)9-13/h5,7,9,11-12,14H,4,6,8,10H2,1-3H3. The van der Waals surface area contributed by atoms with Gasteiger partial charge in [-0.05, 0) is 64.7 Å². The summed E-state index contributed by atoms with van der Waals surface area (Å²) in [6.45, 7) is 5.37. The zero-order valence-electron chi connectivity index (χ0n) is 12.0. The van der Waals surface area contributed by atoms with E-state index in [0.29, 0.717) is 12.7 Å². The molecule has 1 saturated carbocycles. The van der Waals surface area contributed by atoms with Gasteiger partial charge in [0.2, 0.25) is 0 Å². The van der Waals surface area contributed by atoms with E-state index in [4.69, 9.17) is 9.47 Å². The van der Waals surface area contributed by atoms with Gasteiger partial charge < -0.3 is 9.47 Å². The first-order valence-corrected chi connectivity index (χ1v) is 7.83. The van der Waals surface area contributed by atoms with Crippen molar-refractivity contribution in [3.63, 3.8) is 0 Å². The number of benzene rings is 1. The molecule has 19 heavy (non-hydrogen) atoms. The second-order valence-electron chi connectivity index (χ2n) is 5.67. The summed E-state index contributed by atoms with van der Waals surface area (Å²) in [6, 6.07) is 6.13. The molecule has 0 amide bonds. The molecule has 106 valence electrons. The lowest BCUT2D eigenvalue weighted by Gasteiger charge is -2.32. The molecule has 0 aliphatic heterocycles. The second-order valence-corrected chi connectivity index (χ2v) is 6.52. The first-order chi connectivity index (χ1) is 9.10. The summed E-state index contributed by atoms with van der Waals surface area (Å²) in [7, 11) is 1.68. The molecular formula is C16H23BrO2. The molecule has 0 saturated heterocycles. The van der Waals surface area contributed by atoms with Crippen molar-refractivity contribution in [2.24, 2.45) is 11.8 Å². The quantitative estimate of drug-likeness (QED) is 0.791. The number of hydrogen-bond acceptors (Lipinski definition) is 2. The molecule has 3 atom stereocenters. The van der Waals surface area contributed by atoms with Gasteiger partial charge in [-0.3, -0.25) is 0 Å². The van der Waals surface area contributed by atoms with E-state index in [1.54, 1.807) is 7.11 Å². The zero-order valence-corrected chi connectivity index (χ0v) is 13.6. The van der Waals surface area contributed by atoms with Crippen LogP contribution in [0.2, 0.25) is 0 Å². The predicted octanol–water partition coefficient (Wildman–Crippen LogP) is 4.80. The SMILES string of the molecule is COc1ccc(COC2CCC(C)C(C)C2)cc1Br. The average molecular weight is 327 g/mol. The highest BCUT2D eigenvalue weighted by atomic mass is 79.9. The molecule has 1 aliphatic rings. The van der Waals surface area contributed by atoms with E-state index >= 15 is 0 Å². The van der Waals surface area contributed by atoms with Gasteiger partial charge in [-0.25, -0.2) is 0 Å². The Morgan fingerprint density at radius 1 is 1.21 bits per heavy atom. The monoisotopic (exact) mass is 326 g/mol. The number of methoxy groups -OCH3 is 1. The Morgan fingerprint density at radius 3 is 2.63 bits per heavy atom. The third-order valence-electron chi connectivity index (χ3n) is 4.25. The lowest BCUT2D eigenvalue weighted by molar-refractivity contribution is -0.00747. The molecule has 1 fully saturated rings. The van der Waals surface area contributed by atoms with Crippen molar-refractivity contribution in [3.05, 3.63) is 28.2 Å². The summed E-state index contributed by atoms with van der Waals surface area (Å²) in [4.78, 5) is 0. The highest BCUT2D eigenvalue weighted by molar-refractivity contribution is 9.10. The van der Waals surface area contributed by atoms with Gasteiger partial charge in [0.15, 0.2) is 0 Å². The van der Waals surface area contributed by atoms with Gasteiger partial charge in [0.25, 0.3) is 0 Å². The highest BCUT2D eigenvalue weighted by Gasteiger charge is 2.24. The Kier molecular flexibility index (Phi) is 5.28. The first kappa shape index (κ1) is 14.9. The number of halogens is 1. The molecule has 0 bridgehead atoms. The van der Waals surface area contributed by atoms with Crippen LogP contribution in [0.15, 0.2) is 22.7 Å². The minimum Gasteiger partial charge on any atom is -0.496 e. The maximum Gasteiger partial charge on any atom is 0.133 e. The highest BCUT2D eigenvalue weighted by Crippen LogP contribution is 2.32. The Bertz CT molecular complexity index is 419. The molecule has 1 aromatic carbocycles. The molecule has 0 N–H and O–H groups in total. The summed E-state index contributed by atoms with van der Waals surface area (Å²) in [6.07, 6.45) is 4.10.